The summed E-state index contributed by atoms with van der Waals surface area (Å²) in [4.78, 5) is 35.9. The lowest BCUT2D eigenvalue weighted by molar-refractivity contribution is -0.274. The second-order valence-electron chi connectivity index (χ2n) is 7.23. The van der Waals surface area contributed by atoms with Crippen LogP contribution in [0.5, 0.6) is 5.75 Å². The van der Waals surface area contributed by atoms with E-state index in [2.05, 4.69) is 4.74 Å². The zero-order chi connectivity index (χ0) is 24.5. The van der Waals surface area contributed by atoms with Gasteiger partial charge >= 0.3 is 23.5 Å². The first kappa shape index (κ1) is 23.8. The number of aryl methyl sites for hydroxylation is 3. The Labute approximate surface area is 186 Å². The van der Waals surface area contributed by atoms with Gasteiger partial charge < -0.3 is 19.0 Å². The zero-order valence-corrected chi connectivity index (χ0v) is 18.1. The Kier molecular flexibility index (Phi) is 6.48. The smallest absolute Gasteiger partial charge is 0.478 e. The van der Waals surface area contributed by atoms with Gasteiger partial charge in [0.25, 0.3) is 0 Å². The summed E-state index contributed by atoms with van der Waals surface area (Å²) in [6.45, 7) is 5.49. The number of rotatable bonds is 6. The fraction of sp³-hybridized carbons (Fsp3) is 0.261. The Bertz CT molecular complexity index is 1380. The number of carboxylic acids is 1. The summed E-state index contributed by atoms with van der Waals surface area (Å²) in [5.74, 6) is -1.69. The second-order valence-corrected chi connectivity index (χ2v) is 7.23. The number of halogens is 3. The molecule has 174 valence electrons. The molecule has 0 aliphatic carbocycles. The maximum atomic E-state index is 13.1. The molecule has 0 aliphatic rings. The minimum absolute atomic E-state index is 0.0589. The van der Waals surface area contributed by atoms with Crippen molar-refractivity contribution in [1.29, 1.82) is 0 Å². The van der Waals surface area contributed by atoms with Crippen molar-refractivity contribution in [1.82, 2.24) is 9.13 Å². The molecule has 0 atom stereocenters. The van der Waals surface area contributed by atoms with Crippen LogP contribution in [0.4, 0.5) is 13.2 Å². The van der Waals surface area contributed by atoms with E-state index in [4.69, 9.17) is 5.11 Å². The fourth-order valence-corrected chi connectivity index (χ4v) is 3.72. The van der Waals surface area contributed by atoms with Gasteiger partial charge in [0.2, 0.25) is 0 Å². The zero-order valence-electron chi connectivity index (χ0n) is 18.1. The molecule has 33 heavy (non-hydrogen) atoms. The number of hydrogen-bond acceptors (Lipinski definition) is 4. The molecule has 0 fully saturated rings. The molecule has 0 amide bonds. The van der Waals surface area contributed by atoms with Gasteiger partial charge in [-0.3, -0.25) is 9.59 Å². The Morgan fingerprint density at radius 3 is 2.09 bits per heavy atom. The van der Waals surface area contributed by atoms with Crippen LogP contribution in [0.1, 0.15) is 25.0 Å². The Morgan fingerprint density at radius 2 is 1.58 bits per heavy atom. The van der Waals surface area contributed by atoms with Gasteiger partial charge in [-0.05, 0) is 67.8 Å². The number of ether oxygens (including phenoxy) is 1. The molecule has 0 unspecified atom stereocenters. The number of aliphatic carboxylic acids is 1. The van der Waals surface area contributed by atoms with E-state index >= 15 is 0 Å². The summed E-state index contributed by atoms with van der Waals surface area (Å²) in [6.07, 6.45) is -2.84. The Balaban J connectivity index is 2.38. The SMILES string of the molecule is CCn1c(=O)c(=O)n(CC)c2cc(-c3cc(C=CC(=O)O)ccc3OC(F)(F)F)c(C)cc21. The van der Waals surface area contributed by atoms with Crippen LogP contribution in [-0.2, 0) is 17.9 Å². The van der Waals surface area contributed by atoms with Gasteiger partial charge in [-0.1, -0.05) is 6.07 Å². The van der Waals surface area contributed by atoms with Gasteiger partial charge in [-0.2, -0.15) is 0 Å². The number of benzene rings is 2. The van der Waals surface area contributed by atoms with Crippen LogP contribution in [0.15, 0.2) is 46.0 Å². The highest BCUT2D eigenvalue weighted by Gasteiger charge is 2.32. The average Bonchev–Trinajstić information content (AvgIpc) is 2.73. The molecule has 1 N–H and O–H groups in total. The van der Waals surface area contributed by atoms with Crippen molar-refractivity contribution in [2.45, 2.75) is 40.2 Å². The average molecular weight is 462 g/mol. The topological polar surface area (TPSA) is 90.5 Å². The lowest BCUT2D eigenvalue weighted by Gasteiger charge is -2.19. The lowest BCUT2D eigenvalue weighted by Crippen LogP contribution is -2.41. The molecule has 2 aromatic carbocycles. The van der Waals surface area contributed by atoms with Crippen molar-refractivity contribution < 1.29 is 27.8 Å². The number of carboxylic acid groups (broad SMARTS) is 1. The summed E-state index contributed by atoms with van der Waals surface area (Å²) < 4.78 is 46.0. The van der Waals surface area contributed by atoms with Crippen LogP contribution >= 0.6 is 0 Å². The van der Waals surface area contributed by atoms with Crippen molar-refractivity contribution in [3.63, 3.8) is 0 Å². The molecule has 0 spiro atoms. The van der Waals surface area contributed by atoms with Crippen LogP contribution in [0.3, 0.4) is 0 Å². The summed E-state index contributed by atoms with van der Waals surface area (Å²) in [5.41, 5.74) is 0.732. The van der Waals surface area contributed by atoms with E-state index in [0.29, 0.717) is 27.7 Å². The van der Waals surface area contributed by atoms with E-state index in [1.54, 1.807) is 32.9 Å². The van der Waals surface area contributed by atoms with E-state index in [1.807, 2.05) is 0 Å². The number of nitrogens with zero attached hydrogens (tertiary/aromatic N) is 2. The maximum Gasteiger partial charge on any atom is 0.573 e. The molecule has 0 radical (unpaired) electrons. The number of hydrogen-bond donors (Lipinski definition) is 1. The van der Waals surface area contributed by atoms with E-state index in [9.17, 15) is 27.6 Å². The van der Waals surface area contributed by atoms with E-state index in [1.165, 1.54) is 27.3 Å². The van der Waals surface area contributed by atoms with Crippen molar-refractivity contribution in [3.05, 3.63) is 68.2 Å². The molecule has 3 rings (SSSR count). The molecular formula is C23H21F3N2O5. The van der Waals surface area contributed by atoms with Crippen LogP contribution in [-0.4, -0.2) is 26.6 Å². The van der Waals surface area contributed by atoms with Crippen molar-refractivity contribution >= 4 is 23.1 Å². The van der Waals surface area contributed by atoms with E-state index in [0.717, 1.165) is 12.1 Å². The minimum Gasteiger partial charge on any atom is -0.478 e. The van der Waals surface area contributed by atoms with Gasteiger partial charge in [0.1, 0.15) is 5.75 Å². The van der Waals surface area contributed by atoms with Gasteiger partial charge in [0.05, 0.1) is 11.0 Å². The van der Waals surface area contributed by atoms with Crippen LogP contribution < -0.4 is 15.9 Å². The molecule has 3 aromatic rings. The van der Waals surface area contributed by atoms with Gasteiger partial charge in [0, 0.05) is 24.7 Å². The predicted molar refractivity (Wildman–Crippen MR) is 117 cm³/mol. The molecule has 0 aliphatic heterocycles. The molecule has 0 saturated heterocycles. The third kappa shape index (κ3) is 4.84. The molecule has 1 aromatic heterocycles. The third-order valence-electron chi connectivity index (χ3n) is 5.15. The van der Waals surface area contributed by atoms with Crippen molar-refractivity contribution in [3.8, 4) is 16.9 Å². The molecule has 10 heteroatoms. The van der Waals surface area contributed by atoms with Crippen LogP contribution in [0, 0.1) is 6.92 Å². The first-order chi connectivity index (χ1) is 15.5. The second kappa shape index (κ2) is 8.97. The number of aromatic nitrogens is 2. The minimum atomic E-state index is -4.95. The van der Waals surface area contributed by atoms with E-state index < -0.39 is 29.2 Å². The van der Waals surface area contributed by atoms with Gasteiger partial charge in [-0.15, -0.1) is 13.2 Å². The standard InChI is InChI=1S/C23H21F3N2O5/c1-4-27-17-10-13(3)15(12-18(17)28(5-2)22(32)21(27)31)16-11-14(7-9-20(29)30)6-8-19(16)33-23(24,25)26/h6-12H,4-5H2,1-3H3,(H,29,30). The number of carbonyl (C=O) groups is 1. The Hall–Kier alpha value is -3.82. The first-order valence-corrected chi connectivity index (χ1v) is 10.1. The lowest BCUT2D eigenvalue weighted by atomic mass is 9.96. The molecule has 1 heterocycles. The summed E-state index contributed by atoms with van der Waals surface area (Å²) >= 11 is 0. The predicted octanol–water partition coefficient (Wildman–Crippen LogP) is 4.17. The Morgan fingerprint density at radius 1 is 1.00 bits per heavy atom. The number of fused-ring (bicyclic) bond motifs is 1. The first-order valence-electron chi connectivity index (χ1n) is 10.1. The van der Waals surface area contributed by atoms with E-state index in [-0.39, 0.29) is 18.7 Å². The normalized spacial score (nSPS) is 11.9. The molecule has 0 saturated carbocycles. The monoisotopic (exact) mass is 462 g/mol. The molecular weight excluding hydrogens is 441 g/mol. The third-order valence-corrected chi connectivity index (χ3v) is 5.15. The number of alkyl halides is 3. The molecule has 0 bridgehead atoms. The summed E-state index contributed by atoms with van der Waals surface area (Å²) in [7, 11) is 0. The highest BCUT2D eigenvalue weighted by atomic mass is 19.4. The highest BCUT2D eigenvalue weighted by molar-refractivity contribution is 5.88. The summed E-state index contributed by atoms with van der Waals surface area (Å²) in [5, 5.41) is 8.87. The highest BCUT2D eigenvalue weighted by Crippen LogP contribution is 2.38. The van der Waals surface area contributed by atoms with Crippen molar-refractivity contribution in [2.24, 2.45) is 0 Å². The van der Waals surface area contributed by atoms with Crippen LogP contribution in [0.2, 0.25) is 0 Å². The largest absolute Gasteiger partial charge is 0.573 e. The fourth-order valence-electron chi connectivity index (χ4n) is 3.72. The van der Waals surface area contributed by atoms with Crippen molar-refractivity contribution in [2.75, 3.05) is 0 Å². The quantitative estimate of drug-likeness (QED) is 0.439. The summed E-state index contributed by atoms with van der Waals surface area (Å²) in [6, 6.07) is 6.96. The molecule has 7 nitrogen and oxygen atoms in total. The van der Waals surface area contributed by atoms with Gasteiger partial charge in [-0.25, -0.2) is 4.79 Å². The van der Waals surface area contributed by atoms with Crippen LogP contribution in [0.25, 0.3) is 28.2 Å². The maximum absolute atomic E-state index is 13.1. The van der Waals surface area contributed by atoms with Gasteiger partial charge in [0.15, 0.2) is 0 Å².